The van der Waals surface area contributed by atoms with Crippen molar-refractivity contribution in [3.05, 3.63) is 209 Å². The molecule has 1 heteroatoms. The first-order valence-electron chi connectivity index (χ1n) is 22.9. The summed E-state index contributed by atoms with van der Waals surface area (Å²) in [4.78, 5) is 2.53. The van der Waals surface area contributed by atoms with Crippen molar-refractivity contribution >= 4 is 17.1 Å². The molecule has 0 aliphatic heterocycles. The summed E-state index contributed by atoms with van der Waals surface area (Å²) in [5, 5.41) is 0. The van der Waals surface area contributed by atoms with E-state index in [2.05, 4.69) is 209 Å². The van der Waals surface area contributed by atoms with Gasteiger partial charge in [-0.25, -0.2) is 0 Å². The Morgan fingerprint density at radius 3 is 1.69 bits per heavy atom. The number of hydrogen-bond donors (Lipinski definition) is 0. The van der Waals surface area contributed by atoms with Crippen LogP contribution in [0.3, 0.4) is 0 Å². The van der Waals surface area contributed by atoms with Crippen LogP contribution in [0.1, 0.15) is 86.8 Å². The highest BCUT2D eigenvalue weighted by Crippen LogP contribution is 2.66. The number of hydrogen-bond acceptors (Lipinski definition) is 1. The number of nitrogens with zero attached hydrogens (tertiary/aromatic N) is 1. The van der Waals surface area contributed by atoms with Crippen LogP contribution in [0, 0.1) is 11.8 Å². The summed E-state index contributed by atoms with van der Waals surface area (Å²) in [6.45, 7) is 9.54. The Kier molecular flexibility index (Phi) is 7.48. The van der Waals surface area contributed by atoms with E-state index in [9.17, 15) is 0 Å². The highest BCUT2D eigenvalue weighted by Gasteiger charge is 2.56. The van der Waals surface area contributed by atoms with Gasteiger partial charge in [-0.15, -0.1) is 0 Å². The average Bonchev–Trinajstić information content (AvgIpc) is 4.10. The third-order valence-electron chi connectivity index (χ3n) is 16.3. The number of anilines is 3. The lowest BCUT2D eigenvalue weighted by Crippen LogP contribution is -2.32. The van der Waals surface area contributed by atoms with Crippen LogP contribution >= 0.6 is 0 Å². The molecule has 0 amide bonds. The topological polar surface area (TPSA) is 3.24 Å². The molecule has 3 atom stereocenters. The van der Waals surface area contributed by atoms with Gasteiger partial charge in [0.1, 0.15) is 0 Å². The highest BCUT2D eigenvalue weighted by molar-refractivity contribution is 5.91. The second kappa shape index (κ2) is 12.8. The van der Waals surface area contributed by atoms with Crippen molar-refractivity contribution in [2.75, 3.05) is 4.90 Å². The van der Waals surface area contributed by atoms with Crippen LogP contribution in [0.5, 0.6) is 0 Å². The molecule has 1 nitrogen and oxygen atoms in total. The molecule has 13 rings (SSSR count). The maximum atomic E-state index is 2.59. The molecule has 5 aliphatic rings. The van der Waals surface area contributed by atoms with Crippen LogP contribution in [-0.4, -0.2) is 0 Å². The van der Waals surface area contributed by atoms with Gasteiger partial charge in [-0.05, 0) is 163 Å². The number of rotatable bonds is 5. The molecule has 2 bridgehead atoms. The lowest BCUT2D eigenvalue weighted by Gasteiger charge is -2.37. The van der Waals surface area contributed by atoms with Gasteiger partial charge in [0.05, 0.1) is 0 Å². The Balaban J connectivity index is 0.956. The van der Waals surface area contributed by atoms with E-state index in [4.69, 9.17) is 0 Å². The van der Waals surface area contributed by atoms with E-state index in [0.29, 0.717) is 5.92 Å². The summed E-state index contributed by atoms with van der Waals surface area (Å²) in [7, 11) is 0. The van der Waals surface area contributed by atoms with Gasteiger partial charge in [0.25, 0.3) is 0 Å². The second-order valence-electron chi connectivity index (χ2n) is 20.1. The van der Waals surface area contributed by atoms with Gasteiger partial charge in [0.15, 0.2) is 0 Å². The van der Waals surface area contributed by atoms with Gasteiger partial charge in [-0.2, -0.15) is 0 Å². The monoisotopic (exact) mass is 797 g/mol. The van der Waals surface area contributed by atoms with Crippen molar-refractivity contribution in [2.24, 2.45) is 11.8 Å². The van der Waals surface area contributed by atoms with E-state index in [1.807, 2.05) is 0 Å². The molecular weight excluding hydrogens is 747 g/mol. The molecule has 2 fully saturated rings. The summed E-state index contributed by atoms with van der Waals surface area (Å²) in [6.07, 6.45) is 5.35. The number of fused-ring (bicyclic) bond motifs is 14. The van der Waals surface area contributed by atoms with Crippen molar-refractivity contribution in [1.29, 1.82) is 0 Å². The van der Waals surface area contributed by atoms with E-state index in [1.54, 1.807) is 11.1 Å². The first-order chi connectivity index (χ1) is 30.2. The van der Waals surface area contributed by atoms with Gasteiger partial charge < -0.3 is 4.90 Å². The Morgan fingerprint density at radius 1 is 0.387 bits per heavy atom. The quantitative estimate of drug-likeness (QED) is 0.168. The fourth-order valence-electron chi connectivity index (χ4n) is 13.6. The maximum Gasteiger partial charge on any atom is 0.0467 e. The lowest BCUT2D eigenvalue weighted by molar-refractivity contribution is 0.327. The van der Waals surface area contributed by atoms with Crippen LogP contribution < -0.4 is 4.90 Å². The Hall–Kier alpha value is -6.44. The molecule has 0 aromatic heterocycles. The first kappa shape index (κ1) is 36.2. The Bertz CT molecular complexity index is 3160. The van der Waals surface area contributed by atoms with Gasteiger partial charge >= 0.3 is 0 Å². The Morgan fingerprint density at radius 2 is 0.952 bits per heavy atom. The summed E-state index contributed by atoms with van der Waals surface area (Å²) in [5.74, 6) is 1.53. The van der Waals surface area contributed by atoms with Crippen LogP contribution in [-0.2, 0) is 16.2 Å². The Labute approximate surface area is 366 Å². The van der Waals surface area contributed by atoms with E-state index in [-0.39, 0.29) is 16.2 Å². The van der Waals surface area contributed by atoms with Gasteiger partial charge in [-0.3, -0.25) is 0 Å². The van der Waals surface area contributed by atoms with Crippen molar-refractivity contribution in [1.82, 2.24) is 0 Å². The summed E-state index contributed by atoms with van der Waals surface area (Å²) in [6, 6.07) is 67.4. The minimum atomic E-state index is -0.104. The van der Waals surface area contributed by atoms with E-state index in [1.165, 1.54) is 121 Å². The molecular formula is C61H51N. The molecule has 0 heterocycles. The zero-order valence-electron chi connectivity index (χ0n) is 36.2. The summed E-state index contributed by atoms with van der Waals surface area (Å²) >= 11 is 0. The van der Waals surface area contributed by atoms with Crippen molar-refractivity contribution < 1.29 is 0 Å². The molecule has 300 valence electrons. The zero-order chi connectivity index (χ0) is 41.5. The molecule has 3 unspecified atom stereocenters. The fourth-order valence-corrected chi connectivity index (χ4v) is 13.6. The fraction of sp³-hybridized carbons (Fsp3) is 0.213. The maximum absolute atomic E-state index is 2.59. The highest BCUT2D eigenvalue weighted by atomic mass is 15.1. The molecule has 8 aromatic carbocycles. The average molecular weight is 798 g/mol. The van der Waals surface area contributed by atoms with Gasteiger partial charge in [0.2, 0.25) is 0 Å². The van der Waals surface area contributed by atoms with E-state index < -0.39 is 0 Å². The van der Waals surface area contributed by atoms with E-state index >= 15 is 0 Å². The molecule has 0 N–H and O–H groups in total. The minimum Gasteiger partial charge on any atom is -0.310 e. The summed E-state index contributed by atoms with van der Waals surface area (Å²) < 4.78 is 0. The SMILES string of the molecule is CC1(C)c2ccccc2-c2ccc(-c3ccc(N(c4cccc(-c5cccc6c5C(C)(C)c5ccccc5-6)c4)c4ccc5c(c4)C4(CC6CCC4C6)c4ccccc4-5)cc3)cc21. The van der Waals surface area contributed by atoms with Crippen LogP contribution in [0.15, 0.2) is 176 Å². The zero-order valence-corrected chi connectivity index (χ0v) is 36.2. The normalized spacial score (nSPS) is 21.0. The third kappa shape index (κ3) is 4.86. The molecule has 0 saturated heterocycles. The largest absolute Gasteiger partial charge is 0.310 e. The first-order valence-corrected chi connectivity index (χ1v) is 22.9. The molecule has 0 radical (unpaired) electrons. The number of benzene rings is 8. The second-order valence-corrected chi connectivity index (χ2v) is 20.1. The standard InChI is InChI=1S/C61H51N/c1-59(2)53-20-8-5-15-47(53)50-31-26-40(35-56(50)59)39-24-28-43(29-25-39)62(45-30-32-51-48-16-7-10-22-55(48)61(57(51)36-45)37-38-23-27-42(61)33-38)44-14-11-13-41(34-44)46-18-12-19-52-49-17-6-9-21-54(49)60(3,4)58(46)52/h5-22,24-26,28-32,34-36,38,42H,23,27,33,37H2,1-4H3. The van der Waals surface area contributed by atoms with E-state index in [0.717, 1.165) is 5.92 Å². The predicted molar refractivity (Wildman–Crippen MR) is 259 cm³/mol. The van der Waals surface area contributed by atoms with Crippen molar-refractivity contribution in [2.45, 2.75) is 69.6 Å². The molecule has 2 saturated carbocycles. The third-order valence-corrected chi connectivity index (χ3v) is 16.3. The van der Waals surface area contributed by atoms with Crippen molar-refractivity contribution in [3.8, 4) is 55.6 Å². The molecule has 62 heavy (non-hydrogen) atoms. The van der Waals surface area contributed by atoms with Gasteiger partial charge in [-0.1, -0.05) is 168 Å². The predicted octanol–water partition coefficient (Wildman–Crippen LogP) is 16.2. The molecule has 8 aromatic rings. The minimum absolute atomic E-state index is 0.0377. The van der Waals surface area contributed by atoms with Crippen molar-refractivity contribution in [3.63, 3.8) is 0 Å². The molecule has 5 aliphatic carbocycles. The molecule has 1 spiro atoms. The summed E-state index contributed by atoms with van der Waals surface area (Å²) in [5.41, 5.74) is 25.7. The van der Waals surface area contributed by atoms with Gasteiger partial charge in [0, 0.05) is 33.3 Å². The van der Waals surface area contributed by atoms with Crippen LogP contribution in [0.25, 0.3) is 55.6 Å². The van der Waals surface area contributed by atoms with Crippen LogP contribution in [0.4, 0.5) is 17.1 Å². The van der Waals surface area contributed by atoms with Crippen LogP contribution in [0.2, 0.25) is 0 Å². The lowest BCUT2D eigenvalue weighted by atomic mass is 9.67. The smallest absolute Gasteiger partial charge is 0.0467 e.